The fraction of sp³-hybridized carbons (Fsp3) is 0.345. The van der Waals surface area contributed by atoms with E-state index in [1.54, 1.807) is 0 Å². The highest BCUT2D eigenvalue weighted by atomic mass is 32.2. The fourth-order valence-electron chi connectivity index (χ4n) is 5.71. The van der Waals surface area contributed by atoms with Gasteiger partial charge in [0.25, 0.3) is 10.0 Å². The number of alkyl halides is 5. The second-order valence-corrected chi connectivity index (χ2v) is 12.7. The van der Waals surface area contributed by atoms with Gasteiger partial charge in [0.1, 0.15) is 23.4 Å². The van der Waals surface area contributed by atoms with Gasteiger partial charge in [-0.25, -0.2) is 12.8 Å². The summed E-state index contributed by atoms with van der Waals surface area (Å²) in [5.41, 5.74) is -3.08. The first kappa shape index (κ1) is 32.4. The lowest BCUT2D eigenvalue weighted by Crippen LogP contribution is -2.47. The first-order valence-corrected chi connectivity index (χ1v) is 14.8. The number of anilines is 1. The first-order valence-electron chi connectivity index (χ1n) is 13.3. The van der Waals surface area contributed by atoms with Gasteiger partial charge in [0.05, 0.1) is 40.3 Å². The Balaban J connectivity index is 1.60. The number of hydrogen-bond acceptors (Lipinski definition) is 7. The number of carbonyl (C=O) groups is 1. The lowest BCUT2D eigenvalue weighted by atomic mass is 9.80. The number of nitrogens with zero attached hydrogens (tertiary/aromatic N) is 1. The van der Waals surface area contributed by atoms with Crippen molar-refractivity contribution in [1.82, 2.24) is 0 Å². The van der Waals surface area contributed by atoms with Crippen LogP contribution in [0.1, 0.15) is 24.8 Å². The van der Waals surface area contributed by atoms with Crippen molar-refractivity contribution in [3.05, 3.63) is 72.0 Å². The van der Waals surface area contributed by atoms with Crippen LogP contribution in [0.4, 0.5) is 32.0 Å². The molecule has 1 aliphatic carbocycles. The Kier molecular flexibility index (Phi) is 8.44. The molecule has 3 aromatic carbocycles. The summed E-state index contributed by atoms with van der Waals surface area (Å²) < 4.78 is 119. The van der Waals surface area contributed by atoms with E-state index in [4.69, 9.17) is 4.74 Å². The summed E-state index contributed by atoms with van der Waals surface area (Å²) in [5.74, 6) is -2.98. The number of aliphatic hydroxyl groups is 2. The van der Waals surface area contributed by atoms with E-state index in [0.717, 1.165) is 28.6 Å². The summed E-state index contributed by atoms with van der Waals surface area (Å²) in [6.45, 7) is -3.86. The summed E-state index contributed by atoms with van der Waals surface area (Å²) >= 11 is 0. The standard InChI is InChI=1S/C29H25F6NO8S/c30-18-6-16(7-19(10-18)44-27(31)32)15-4-5-25-22(8-15)36(45(41,42)21-3-1-2-17(9-21)29(33,34)35)14-20(43-25)11-28(26(39)40)12-23(37)24(38)13-28/h1-10,20,23-24,27,37-38H,11-14H2,(H,39,40)/t20-,23?,24?,28?/m0/s1. The highest BCUT2D eigenvalue weighted by Gasteiger charge is 2.52. The Labute approximate surface area is 252 Å². The van der Waals surface area contributed by atoms with Crippen LogP contribution in [0.3, 0.4) is 0 Å². The van der Waals surface area contributed by atoms with Crippen LogP contribution in [0.25, 0.3) is 11.1 Å². The van der Waals surface area contributed by atoms with Crippen molar-refractivity contribution >= 4 is 21.7 Å². The van der Waals surface area contributed by atoms with Gasteiger partial charge in [0.2, 0.25) is 0 Å². The van der Waals surface area contributed by atoms with E-state index >= 15 is 0 Å². The number of hydrogen-bond donors (Lipinski definition) is 3. The minimum atomic E-state index is -4.88. The van der Waals surface area contributed by atoms with Crippen LogP contribution in [-0.4, -0.2) is 61.2 Å². The number of fused-ring (bicyclic) bond motifs is 1. The number of carboxylic acid groups (broad SMARTS) is 1. The Morgan fingerprint density at radius 1 is 1.02 bits per heavy atom. The van der Waals surface area contributed by atoms with Crippen LogP contribution >= 0.6 is 0 Å². The maximum Gasteiger partial charge on any atom is 0.416 e. The predicted octanol–water partition coefficient (Wildman–Crippen LogP) is 5.05. The third kappa shape index (κ3) is 6.53. The molecule has 0 aromatic heterocycles. The summed E-state index contributed by atoms with van der Waals surface area (Å²) in [7, 11) is -4.81. The highest BCUT2D eigenvalue weighted by Crippen LogP contribution is 2.47. The maximum absolute atomic E-state index is 14.3. The Morgan fingerprint density at radius 2 is 1.71 bits per heavy atom. The molecule has 1 heterocycles. The molecule has 0 saturated heterocycles. The van der Waals surface area contributed by atoms with Gasteiger partial charge < -0.3 is 24.8 Å². The molecule has 0 spiro atoms. The molecule has 5 rings (SSSR count). The van der Waals surface area contributed by atoms with Gasteiger partial charge in [-0.15, -0.1) is 0 Å². The molecule has 0 amide bonds. The molecule has 1 fully saturated rings. The zero-order valence-corrected chi connectivity index (χ0v) is 23.7. The van der Waals surface area contributed by atoms with E-state index in [-0.39, 0.29) is 41.8 Å². The van der Waals surface area contributed by atoms with Gasteiger partial charge in [0.15, 0.2) is 0 Å². The van der Waals surface area contributed by atoms with Gasteiger partial charge in [0, 0.05) is 12.5 Å². The number of aliphatic hydroxyl groups excluding tert-OH is 2. The van der Waals surface area contributed by atoms with Crippen molar-refractivity contribution in [2.75, 3.05) is 10.8 Å². The average Bonchev–Trinajstić information content (AvgIpc) is 3.24. The van der Waals surface area contributed by atoms with Crippen molar-refractivity contribution < 1.29 is 64.3 Å². The number of aliphatic carboxylic acids is 1. The van der Waals surface area contributed by atoms with Crippen LogP contribution in [0.2, 0.25) is 0 Å². The van der Waals surface area contributed by atoms with Crippen molar-refractivity contribution in [3.8, 4) is 22.6 Å². The summed E-state index contributed by atoms with van der Waals surface area (Å²) in [4.78, 5) is 11.5. The molecule has 1 aliphatic heterocycles. The molecule has 0 radical (unpaired) electrons. The van der Waals surface area contributed by atoms with Crippen LogP contribution in [0, 0.1) is 11.2 Å². The van der Waals surface area contributed by atoms with E-state index < -0.39 is 81.1 Å². The largest absolute Gasteiger partial charge is 0.486 e. The molecule has 2 unspecified atom stereocenters. The van der Waals surface area contributed by atoms with Crippen LogP contribution in [-0.2, 0) is 21.0 Å². The molecule has 9 nitrogen and oxygen atoms in total. The lowest BCUT2D eigenvalue weighted by molar-refractivity contribution is -0.151. The van der Waals surface area contributed by atoms with Crippen LogP contribution in [0.15, 0.2) is 65.6 Å². The molecular formula is C29H25F6NO8S. The maximum atomic E-state index is 14.3. The molecule has 45 heavy (non-hydrogen) atoms. The molecule has 2 aliphatic rings. The predicted molar refractivity (Wildman–Crippen MR) is 145 cm³/mol. The number of ether oxygens (including phenoxy) is 2. The lowest BCUT2D eigenvalue weighted by Gasteiger charge is -2.38. The van der Waals surface area contributed by atoms with E-state index in [2.05, 4.69) is 4.74 Å². The Morgan fingerprint density at radius 3 is 2.33 bits per heavy atom. The van der Waals surface area contributed by atoms with Crippen molar-refractivity contribution in [1.29, 1.82) is 0 Å². The molecule has 1 saturated carbocycles. The van der Waals surface area contributed by atoms with Gasteiger partial charge in [-0.05, 0) is 66.4 Å². The third-order valence-electron chi connectivity index (χ3n) is 7.79. The van der Waals surface area contributed by atoms with Gasteiger partial charge in [-0.3, -0.25) is 9.10 Å². The van der Waals surface area contributed by atoms with E-state index in [1.807, 2.05) is 0 Å². The average molecular weight is 662 g/mol. The van der Waals surface area contributed by atoms with Crippen LogP contribution < -0.4 is 13.8 Å². The van der Waals surface area contributed by atoms with Crippen molar-refractivity contribution in [2.24, 2.45) is 5.41 Å². The first-order chi connectivity index (χ1) is 21.0. The van der Waals surface area contributed by atoms with E-state index in [0.29, 0.717) is 18.2 Å². The number of halogens is 6. The minimum absolute atomic E-state index is 0.00856. The quantitative estimate of drug-likeness (QED) is 0.286. The topological polar surface area (TPSA) is 134 Å². The summed E-state index contributed by atoms with van der Waals surface area (Å²) in [5, 5.41) is 30.2. The summed E-state index contributed by atoms with van der Waals surface area (Å²) in [6.07, 6.45) is -9.93. The number of benzene rings is 3. The normalized spacial score (nSPS) is 23.5. The molecule has 242 valence electrons. The van der Waals surface area contributed by atoms with Crippen molar-refractivity contribution in [2.45, 2.75) is 55.3 Å². The Bertz CT molecular complexity index is 1710. The molecule has 0 bridgehead atoms. The zero-order valence-electron chi connectivity index (χ0n) is 22.9. The van der Waals surface area contributed by atoms with Gasteiger partial charge in [-0.1, -0.05) is 12.1 Å². The smallest absolute Gasteiger partial charge is 0.416 e. The molecule has 3 atom stereocenters. The highest BCUT2D eigenvalue weighted by molar-refractivity contribution is 7.92. The van der Waals surface area contributed by atoms with Gasteiger partial charge in [-0.2, -0.15) is 22.0 Å². The van der Waals surface area contributed by atoms with Crippen molar-refractivity contribution in [3.63, 3.8) is 0 Å². The number of carboxylic acids is 1. The Hall–Kier alpha value is -4.02. The molecule has 3 N–H and O–H groups in total. The SMILES string of the molecule is O=C(O)C1(C[C@H]2CN(S(=O)(=O)c3cccc(C(F)(F)F)c3)c3cc(-c4cc(F)cc(OC(F)F)c4)ccc3O2)CC(O)C(O)C1. The number of rotatable bonds is 8. The molecule has 3 aromatic rings. The second kappa shape index (κ2) is 11.7. The third-order valence-corrected chi connectivity index (χ3v) is 9.56. The number of sulfonamides is 1. The fourth-order valence-corrected chi connectivity index (χ4v) is 7.25. The van der Waals surface area contributed by atoms with Crippen LogP contribution in [0.5, 0.6) is 11.5 Å². The molecule has 16 heteroatoms. The second-order valence-electron chi connectivity index (χ2n) is 10.9. The molecular weight excluding hydrogens is 636 g/mol. The van der Waals surface area contributed by atoms with Gasteiger partial charge >= 0.3 is 18.8 Å². The van der Waals surface area contributed by atoms with E-state index in [9.17, 15) is 54.9 Å². The minimum Gasteiger partial charge on any atom is -0.486 e. The van der Waals surface area contributed by atoms with E-state index in [1.165, 1.54) is 18.2 Å². The summed E-state index contributed by atoms with van der Waals surface area (Å²) in [6, 6.07) is 9.52. The monoisotopic (exact) mass is 661 g/mol. The zero-order chi connectivity index (χ0) is 32.9.